The predicted molar refractivity (Wildman–Crippen MR) is 60.3 cm³/mol. The zero-order chi connectivity index (χ0) is 9.57. The van der Waals surface area contributed by atoms with E-state index in [0.29, 0.717) is 0 Å². The lowest BCUT2D eigenvalue weighted by Gasteiger charge is -2.21. The Morgan fingerprint density at radius 2 is 1.27 bits per heavy atom. The second-order valence-corrected chi connectivity index (χ2v) is 6.73. The number of allylic oxidation sites excluding steroid dienone is 2. The summed E-state index contributed by atoms with van der Waals surface area (Å²) in [6, 6.07) is 0. The van der Waals surface area contributed by atoms with Crippen LogP contribution in [0.3, 0.4) is 0 Å². The molecule has 0 radical (unpaired) electrons. The van der Waals surface area contributed by atoms with Crippen molar-refractivity contribution in [3.63, 3.8) is 0 Å². The maximum atomic E-state index is 2.02. The first kappa shape index (κ1) is 7.92. The van der Waals surface area contributed by atoms with E-state index in [9.17, 15) is 0 Å². The van der Waals surface area contributed by atoms with Crippen molar-refractivity contribution in [1.82, 2.24) is 0 Å². The van der Waals surface area contributed by atoms with E-state index >= 15 is 0 Å². The highest BCUT2D eigenvalue weighted by molar-refractivity contribution is 5.43. The van der Waals surface area contributed by atoms with Gasteiger partial charge in [0.25, 0.3) is 0 Å². The van der Waals surface area contributed by atoms with Crippen molar-refractivity contribution in [2.45, 2.75) is 44.9 Å². The van der Waals surface area contributed by atoms with E-state index in [1.807, 2.05) is 11.1 Å². The predicted octanol–water partition coefficient (Wildman–Crippen LogP) is 3.78. The first-order valence-corrected chi connectivity index (χ1v) is 7.18. The molecule has 15 heavy (non-hydrogen) atoms. The number of hydrogen-bond acceptors (Lipinski definition) is 0. The molecule has 0 aromatic rings. The standard InChI is InChI=1S/C15H20/c1-2-4-6-9-8(5-3-1)12-10-7-11-14(12)15(11)13(9)10/h10-15H,1-7H2/t10?,11?,12-,13+,14+,15-. The Morgan fingerprint density at radius 1 is 0.667 bits per heavy atom. The van der Waals surface area contributed by atoms with Crippen LogP contribution in [0.15, 0.2) is 11.1 Å². The van der Waals surface area contributed by atoms with E-state index in [0.717, 1.165) is 11.8 Å². The van der Waals surface area contributed by atoms with Gasteiger partial charge in [0.15, 0.2) is 0 Å². The molecule has 0 nitrogen and oxygen atoms in total. The summed E-state index contributed by atoms with van der Waals surface area (Å²) in [6.45, 7) is 0. The van der Waals surface area contributed by atoms with Crippen LogP contribution in [-0.2, 0) is 0 Å². The Labute approximate surface area is 92.1 Å². The fourth-order valence-electron chi connectivity index (χ4n) is 6.20. The molecular weight excluding hydrogens is 180 g/mol. The van der Waals surface area contributed by atoms with Gasteiger partial charge in [0.05, 0.1) is 0 Å². The van der Waals surface area contributed by atoms with Gasteiger partial charge in [0.2, 0.25) is 0 Å². The van der Waals surface area contributed by atoms with Crippen LogP contribution in [0.5, 0.6) is 0 Å². The molecule has 0 aliphatic heterocycles. The average Bonchev–Trinajstić information content (AvgIpc) is 2.57. The van der Waals surface area contributed by atoms with Crippen molar-refractivity contribution >= 4 is 0 Å². The highest BCUT2D eigenvalue weighted by atomic mass is 14.8. The topological polar surface area (TPSA) is 0 Å². The fraction of sp³-hybridized carbons (Fsp3) is 0.867. The first-order chi connectivity index (χ1) is 7.47. The normalized spacial score (nSPS) is 59.2. The van der Waals surface area contributed by atoms with Gasteiger partial charge in [-0.25, -0.2) is 0 Å². The van der Waals surface area contributed by atoms with Crippen LogP contribution in [0.25, 0.3) is 0 Å². The van der Waals surface area contributed by atoms with Crippen LogP contribution in [-0.4, -0.2) is 0 Å². The maximum Gasteiger partial charge on any atom is -0.0132 e. The summed E-state index contributed by atoms with van der Waals surface area (Å²) in [5.41, 5.74) is 4.04. The highest BCUT2D eigenvalue weighted by Crippen LogP contribution is 2.82. The van der Waals surface area contributed by atoms with E-state index < -0.39 is 0 Å². The van der Waals surface area contributed by atoms with Crippen LogP contribution in [0.4, 0.5) is 0 Å². The van der Waals surface area contributed by atoms with Gasteiger partial charge in [-0.3, -0.25) is 0 Å². The third kappa shape index (κ3) is 0.736. The fourth-order valence-corrected chi connectivity index (χ4v) is 6.20. The lowest BCUT2D eigenvalue weighted by Crippen LogP contribution is -2.08. The molecule has 0 heteroatoms. The van der Waals surface area contributed by atoms with Crippen molar-refractivity contribution < 1.29 is 0 Å². The molecule has 6 aliphatic rings. The summed E-state index contributed by atoms with van der Waals surface area (Å²) in [6.07, 6.45) is 10.7. The molecular formula is C15H20. The highest BCUT2D eigenvalue weighted by Gasteiger charge is 2.76. The summed E-state index contributed by atoms with van der Waals surface area (Å²) in [5, 5.41) is 0. The molecule has 4 saturated carbocycles. The smallest absolute Gasteiger partial charge is 0.0132 e. The van der Waals surface area contributed by atoms with Crippen molar-refractivity contribution in [2.24, 2.45) is 35.5 Å². The van der Waals surface area contributed by atoms with Gasteiger partial charge < -0.3 is 0 Å². The van der Waals surface area contributed by atoms with Gasteiger partial charge in [-0.05, 0) is 67.6 Å². The van der Waals surface area contributed by atoms with Crippen LogP contribution >= 0.6 is 0 Å². The molecule has 80 valence electrons. The molecule has 0 heterocycles. The van der Waals surface area contributed by atoms with E-state index in [1.54, 1.807) is 6.42 Å². The van der Waals surface area contributed by atoms with Gasteiger partial charge in [0.1, 0.15) is 0 Å². The van der Waals surface area contributed by atoms with Crippen LogP contribution in [0, 0.1) is 35.5 Å². The Balaban J connectivity index is 1.61. The molecule has 6 rings (SSSR count). The van der Waals surface area contributed by atoms with Crippen molar-refractivity contribution in [1.29, 1.82) is 0 Å². The van der Waals surface area contributed by atoms with E-state index in [4.69, 9.17) is 0 Å². The first-order valence-electron chi connectivity index (χ1n) is 7.18. The zero-order valence-corrected chi connectivity index (χ0v) is 9.41. The Kier molecular flexibility index (Phi) is 1.25. The van der Waals surface area contributed by atoms with E-state index in [-0.39, 0.29) is 0 Å². The molecule has 0 aromatic heterocycles. The van der Waals surface area contributed by atoms with Crippen LogP contribution < -0.4 is 0 Å². The van der Waals surface area contributed by atoms with Crippen LogP contribution in [0.1, 0.15) is 44.9 Å². The van der Waals surface area contributed by atoms with Crippen molar-refractivity contribution in [2.75, 3.05) is 0 Å². The molecule has 0 amide bonds. The molecule has 0 spiro atoms. The summed E-state index contributed by atoms with van der Waals surface area (Å²) in [5.74, 6) is 7.11. The molecule has 2 unspecified atom stereocenters. The number of rotatable bonds is 0. The summed E-state index contributed by atoms with van der Waals surface area (Å²) in [7, 11) is 0. The molecule has 0 N–H and O–H groups in total. The number of hydrogen-bond donors (Lipinski definition) is 0. The summed E-state index contributed by atoms with van der Waals surface area (Å²) >= 11 is 0. The molecule has 6 aliphatic carbocycles. The molecule has 0 aromatic carbocycles. The molecule has 6 atom stereocenters. The van der Waals surface area contributed by atoms with Gasteiger partial charge in [-0.2, -0.15) is 0 Å². The molecule has 0 saturated heterocycles. The van der Waals surface area contributed by atoms with E-state index in [2.05, 4.69) is 0 Å². The van der Waals surface area contributed by atoms with Gasteiger partial charge >= 0.3 is 0 Å². The SMILES string of the molecule is C1CCCC2=C(CC1)[C@@H]1C3CC4[C@@H]1[C@H]4[C@@H]23. The molecule has 4 fully saturated rings. The monoisotopic (exact) mass is 200 g/mol. The minimum atomic E-state index is 1.14. The zero-order valence-electron chi connectivity index (χ0n) is 9.41. The average molecular weight is 200 g/mol. The maximum absolute atomic E-state index is 2.02. The van der Waals surface area contributed by atoms with Crippen LogP contribution in [0.2, 0.25) is 0 Å². The second kappa shape index (κ2) is 2.36. The quantitative estimate of drug-likeness (QED) is 0.522. The van der Waals surface area contributed by atoms with Gasteiger partial charge in [-0.15, -0.1) is 0 Å². The van der Waals surface area contributed by atoms with Crippen molar-refractivity contribution in [3.05, 3.63) is 11.1 Å². The minimum Gasteiger partial charge on any atom is -0.0670 e. The third-order valence-electron chi connectivity index (χ3n) is 6.45. The minimum absolute atomic E-state index is 1.14. The lowest BCUT2D eigenvalue weighted by atomic mass is 9.84. The van der Waals surface area contributed by atoms with E-state index in [1.165, 1.54) is 62.2 Å². The Morgan fingerprint density at radius 3 is 1.80 bits per heavy atom. The summed E-state index contributed by atoms with van der Waals surface area (Å²) < 4.78 is 0. The molecule has 6 bridgehead atoms. The lowest BCUT2D eigenvalue weighted by molar-refractivity contribution is 0.446. The summed E-state index contributed by atoms with van der Waals surface area (Å²) in [4.78, 5) is 0. The second-order valence-electron chi connectivity index (χ2n) is 6.73. The Hall–Kier alpha value is -0.260. The Bertz CT molecular complexity index is 332. The van der Waals surface area contributed by atoms with Gasteiger partial charge in [0, 0.05) is 0 Å². The largest absolute Gasteiger partial charge is 0.0670 e. The third-order valence-corrected chi connectivity index (χ3v) is 6.45. The van der Waals surface area contributed by atoms with Gasteiger partial charge in [-0.1, -0.05) is 24.0 Å². The van der Waals surface area contributed by atoms with Crippen molar-refractivity contribution in [3.8, 4) is 0 Å².